The maximum Gasteiger partial charge on any atom is 0.163 e. The Hall–Kier alpha value is -1.82. The van der Waals surface area contributed by atoms with Gasteiger partial charge < -0.3 is 15.2 Å². The van der Waals surface area contributed by atoms with Gasteiger partial charge in [0, 0.05) is 12.1 Å². The molecule has 0 saturated heterocycles. The monoisotopic (exact) mass is 236 g/mol. The summed E-state index contributed by atoms with van der Waals surface area (Å²) in [5, 5.41) is 8.70. The minimum absolute atomic E-state index is 0.629. The minimum atomic E-state index is 0.629. The third kappa shape index (κ3) is 2.31. The van der Waals surface area contributed by atoms with Gasteiger partial charge in [0.15, 0.2) is 11.5 Å². The molecule has 0 aliphatic carbocycles. The van der Waals surface area contributed by atoms with Crippen molar-refractivity contribution in [2.45, 2.75) is 13.0 Å². The van der Waals surface area contributed by atoms with Crippen LogP contribution in [0.3, 0.4) is 0 Å². The van der Waals surface area contributed by atoms with Gasteiger partial charge in [0.25, 0.3) is 0 Å². The average molecular weight is 236 g/mol. The second-order valence-corrected chi connectivity index (χ2v) is 3.63. The van der Waals surface area contributed by atoms with E-state index < -0.39 is 0 Å². The van der Waals surface area contributed by atoms with Crippen LogP contribution in [0.15, 0.2) is 12.1 Å². The van der Waals surface area contributed by atoms with Crippen LogP contribution >= 0.6 is 0 Å². The first-order valence-electron chi connectivity index (χ1n) is 5.45. The molecule has 0 unspecified atom stereocenters. The van der Waals surface area contributed by atoms with Crippen molar-refractivity contribution in [2.75, 3.05) is 20.8 Å². The molecular formula is C11H16N4O2. The zero-order valence-corrected chi connectivity index (χ0v) is 10.0. The van der Waals surface area contributed by atoms with Gasteiger partial charge >= 0.3 is 0 Å². The van der Waals surface area contributed by atoms with E-state index in [0.29, 0.717) is 18.0 Å². The van der Waals surface area contributed by atoms with Crippen molar-refractivity contribution in [3.63, 3.8) is 0 Å². The van der Waals surface area contributed by atoms with Gasteiger partial charge in [-0.15, -0.1) is 0 Å². The van der Waals surface area contributed by atoms with E-state index in [1.54, 1.807) is 19.0 Å². The van der Waals surface area contributed by atoms with E-state index in [4.69, 9.17) is 15.2 Å². The zero-order chi connectivity index (χ0) is 12.3. The number of ether oxygens (including phenoxy) is 2. The molecular weight excluding hydrogens is 220 g/mol. The third-order valence-corrected chi connectivity index (χ3v) is 2.49. The van der Waals surface area contributed by atoms with Gasteiger partial charge in [0.05, 0.1) is 20.8 Å². The predicted octanol–water partition coefficient (Wildman–Crippen LogP) is 0.797. The molecule has 6 nitrogen and oxygen atoms in total. The van der Waals surface area contributed by atoms with E-state index >= 15 is 0 Å². The number of rotatable bonds is 5. The lowest BCUT2D eigenvalue weighted by Gasteiger charge is -2.05. The Morgan fingerprint density at radius 1 is 1.12 bits per heavy atom. The number of hydrogen-bond donors (Lipinski definition) is 1. The summed E-state index contributed by atoms with van der Waals surface area (Å²) in [6.45, 7) is 1.35. The topological polar surface area (TPSA) is 75.2 Å². The predicted molar refractivity (Wildman–Crippen MR) is 64.3 cm³/mol. The molecule has 92 valence electrons. The number of aryl methyl sites for hydroxylation is 1. The summed E-state index contributed by atoms with van der Waals surface area (Å²) in [7, 11) is 3.20. The molecule has 0 aliphatic rings. The van der Waals surface area contributed by atoms with E-state index in [1.807, 2.05) is 12.1 Å². The second-order valence-electron chi connectivity index (χ2n) is 3.63. The summed E-state index contributed by atoms with van der Waals surface area (Å²) in [4.78, 5) is 1.65. The van der Waals surface area contributed by atoms with Crippen LogP contribution in [0.2, 0.25) is 0 Å². The van der Waals surface area contributed by atoms with Crippen molar-refractivity contribution in [1.82, 2.24) is 15.0 Å². The number of nitrogens with two attached hydrogens (primary N) is 1. The number of hydrogen-bond acceptors (Lipinski definition) is 5. The fourth-order valence-corrected chi connectivity index (χ4v) is 1.62. The molecule has 0 atom stereocenters. The first kappa shape index (κ1) is 11.7. The van der Waals surface area contributed by atoms with Crippen LogP contribution in [-0.4, -0.2) is 35.8 Å². The van der Waals surface area contributed by atoms with Crippen molar-refractivity contribution in [3.05, 3.63) is 12.1 Å². The van der Waals surface area contributed by atoms with E-state index in [-0.39, 0.29) is 0 Å². The lowest BCUT2D eigenvalue weighted by molar-refractivity contribution is 0.356. The summed E-state index contributed by atoms with van der Waals surface area (Å²) < 4.78 is 10.4. The molecule has 2 N–H and O–H groups in total. The molecule has 17 heavy (non-hydrogen) atoms. The number of benzene rings is 1. The van der Waals surface area contributed by atoms with E-state index in [0.717, 1.165) is 24.0 Å². The fraction of sp³-hybridized carbons (Fsp3) is 0.455. The van der Waals surface area contributed by atoms with Crippen LogP contribution < -0.4 is 15.2 Å². The van der Waals surface area contributed by atoms with Crippen LogP contribution in [-0.2, 0) is 6.54 Å². The Bertz CT molecular complexity index is 468. The Balaban J connectivity index is 2.39. The molecule has 0 aliphatic heterocycles. The molecule has 0 fully saturated rings. The van der Waals surface area contributed by atoms with Gasteiger partial charge in [0.2, 0.25) is 0 Å². The van der Waals surface area contributed by atoms with E-state index in [1.165, 1.54) is 0 Å². The van der Waals surface area contributed by atoms with Gasteiger partial charge in [-0.1, -0.05) is 0 Å². The molecule has 6 heteroatoms. The summed E-state index contributed by atoms with van der Waals surface area (Å²) in [6, 6.07) is 3.64. The maximum atomic E-state index is 5.45. The van der Waals surface area contributed by atoms with Crippen LogP contribution in [0.4, 0.5) is 0 Å². The quantitative estimate of drug-likeness (QED) is 0.831. The van der Waals surface area contributed by atoms with Crippen molar-refractivity contribution >= 4 is 11.0 Å². The first-order chi connectivity index (χ1) is 8.28. The highest BCUT2D eigenvalue weighted by molar-refractivity contribution is 5.78. The standard InChI is InChI=1S/C11H16N4O2/c1-16-10-6-8-9(7-11(10)17-2)14-15(13-8)5-3-4-12/h6-7H,3-5,12H2,1-2H3. The third-order valence-electron chi connectivity index (χ3n) is 2.49. The fourth-order valence-electron chi connectivity index (χ4n) is 1.62. The first-order valence-corrected chi connectivity index (χ1v) is 5.45. The van der Waals surface area contributed by atoms with E-state index in [9.17, 15) is 0 Å². The summed E-state index contributed by atoms with van der Waals surface area (Å²) in [5.41, 5.74) is 7.04. The Morgan fingerprint density at radius 2 is 1.65 bits per heavy atom. The Morgan fingerprint density at radius 3 is 2.06 bits per heavy atom. The number of fused-ring (bicyclic) bond motifs is 1. The molecule has 1 aromatic heterocycles. The van der Waals surface area contributed by atoms with Crippen LogP contribution in [0, 0.1) is 0 Å². The Labute approximate surface area is 99.3 Å². The molecule has 1 aromatic carbocycles. The molecule has 2 aromatic rings. The number of nitrogens with zero attached hydrogens (tertiary/aromatic N) is 3. The second kappa shape index (κ2) is 5.01. The molecule has 1 heterocycles. The lowest BCUT2D eigenvalue weighted by Crippen LogP contribution is -2.07. The van der Waals surface area contributed by atoms with Crippen molar-refractivity contribution in [1.29, 1.82) is 0 Å². The van der Waals surface area contributed by atoms with Gasteiger partial charge in [-0.25, -0.2) is 0 Å². The minimum Gasteiger partial charge on any atom is -0.493 e. The molecule has 0 bridgehead atoms. The van der Waals surface area contributed by atoms with E-state index in [2.05, 4.69) is 10.2 Å². The van der Waals surface area contributed by atoms with Gasteiger partial charge in [-0.05, 0) is 13.0 Å². The number of aromatic nitrogens is 3. The highest BCUT2D eigenvalue weighted by Gasteiger charge is 2.09. The van der Waals surface area contributed by atoms with Crippen LogP contribution in [0.25, 0.3) is 11.0 Å². The van der Waals surface area contributed by atoms with Crippen molar-refractivity contribution in [3.8, 4) is 11.5 Å². The largest absolute Gasteiger partial charge is 0.493 e. The SMILES string of the molecule is COc1cc2nn(CCCN)nc2cc1OC. The van der Waals surface area contributed by atoms with Gasteiger partial charge in [0.1, 0.15) is 11.0 Å². The highest BCUT2D eigenvalue weighted by Crippen LogP contribution is 2.30. The van der Waals surface area contributed by atoms with Gasteiger partial charge in [-0.2, -0.15) is 15.0 Å². The maximum absolute atomic E-state index is 5.45. The number of methoxy groups -OCH3 is 2. The highest BCUT2D eigenvalue weighted by atomic mass is 16.5. The summed E-state index contributed by atoms with van der Waals surface area (Å²) >= 11 is 0. The zero-order valence-electron chi connectivity index (χ0n) is 10.0. The molecule has 0 amide bonds. The summed E-state index contributed by atoms with van der Waals surface area (Å²) in [6.07, 6.45) is 0.856. The molecule has 2 rings (SSSR count). The molecule has 0 radical (unpaired) electrons. The van der Waals surface area contributed by atoms with Crippen molar-refractivity contribution in [2.24, 2.45) is 5.73 Å². The van der Waals surface area contributed by atoms with Crippen LogP contribution in [0.5, 0.6) is 11.5 Å². The van der Waals surface area contributed by atoms with Gasteiger partial charge in [-0.3, -0.25) is 0 Å². The van der Waals surface area contributed by atoms with Crippen LogP contribution in [0.1, 0.15) is 6.42 Å². The van der Waals surface area contributed by atoms with Crippen molar-refractivity contribution < 1.29 is 9.47 Å². The summed E-state index contributed by atoms with van der Waals surface area (Å²) in [5.74, 6) is 1.32. The average Bonchev–Trinajstić information content (AvgIpc) is 2.76. The Kier molecular flexibility index (Phi) is 3.43. The molecule has 0 spiro atoms. The lowest BCUT2D eigenvalue weighted by atomic mass is 10.3. The molecule has 0 saturated carbocycles. The normalized spacial score (nSPS) is 10.8. The smallest absolute Gasteiger partial charge is 0.163 e.